The molecule has 0 saturated heterocycles. The normalized spacial score (nSPS) is 12.2. The lowest BCUT2D eigenvalue weighted by Gasteiger charge is -2.18. The summed E-state index contributed by atoms with van der Waals surface area (Å²) in [6.07, 6.45) is 0.444. The molecule has 2 atom stereocenters. The number of nitrogens with two attached hydrogens (primary N) is 1. The fraction of sp³-hybridized carbons (Fsp3) is 0.333. The van der Waals surface area contributed by atoms with Gasteiger partial charge in [0.2, 0.25) is 5.91 Å². The number of rotatable bonds is 9. The van der Waals surface area contributed by atoms with Crippen LogP contribution in [-0.4, -0.2) is 32.1 Å². The summed E-state index contributed by atoms with van der Waals surface area (Å²) in [6, 6.07) is 15.8. The number of ether oxygens (including phenoxy) is 2. The number of hydrogen-bond acceptors (Lipinski definition) is 5. The van der Waals surface area contributed by atoms with Crippen LogP contribution < -0.4 is 15.8 Å². The van der Waals surface area contributed by atoms with E-state index in [-0.39, 0.29) is 30.8 Å². The molecule has 6 nitrogen and oxygen atoms in total. The van der Waals surface area contributed by atoms with Crippen LogP contribution in [0.3, 0.4) is 0 Å². The number of hydrogen-bond donors (Lipinski definition) is 2. The lowest BCUT2D eigenvalue weighted by Crippen LogP contribution is -2.39. The van der Waals surface area contributed by atoms with Gasteiger partial charge in [0, 0.05) is 6.54 Å². The van der Waals surface area contributed by atoms with Crippen molar-refractivity contribution in [3.63, 3.8) is 0 Å². The van der Waals surface area contributed by atoms with Crippen molar-refractivity contribution >= 4 is 24.3 Å². The third kappa shape index (κ3) is 6.87. The molecule has 1 amide bonds. The highest BCUT2D eigenvalue weighted by molar-refractivity contribution is 5.85. The second-order valence-corrected chi connectivity index (χ2v) is 6.13. The van der Waals surface area contributed by atoms with Gasteiger partial charge in [-0.25, -0.2) is 0 Å². The maximum absolute atomic E-state index is 12.3. The van der Waals surface area contributed by atoms with Crippen molar-refractivity contribution in [1.29, 1.82) is 0 Å². The fourth-order valence-electron chi connectivity index (χ4n) is 2.72. The Labute approximate surface area is 171 Å². The summed E-state index contributed by atoms with van der Waals surface area (Å²) in [4.78, 5) is 24.4. The van der Waals surface area contributed by atoms with Gasteiger partial charge in [-0.2, -0.15) is 0 Å². The second-order valence-electron chi connectivity index (χ2n) is 6.13. The van der Waals surface area contributed by atoms with Crippen LogP contribution in [0.25, 0.3) is 0 Å². The van der Waals surface area contributed by atoms with Gasteiger partial charge in [0.25, 0.3) is 0 Å². The largest absolute Gasteiger partial charge is 0.494 e. The molecule has 0 spiro atoms. The maximum atomic E-state index is 12.3. The third-order valence-electron chi connectivity index (χ3n) is 4.21. The van der Waals surface area contributed by atoms with Crippen LogP contribution in [0.5, 0.6) is 5.75 Å². The monoisotopic (exact) mass is 406 g/mol. The number of carbonyl (C=O) groups is 2. The first-order valence-corrected chi connectivity index (χ1v) is 8.93. The van der Waals surface area contributed by atoms with Crippen molar-refractivity contribution in [1.82, 2.24) is 5.32 Å². The maximum Gasteiger partial charge on any atom is 0.310 e. The van der Waals surface area contributed by atoms with Crippen molar-refractivity contribution in [3.8, 4) is 5.75 Å². The molecular formula is C21H27ClN2O4. The van der Waals surface area contributed by atoms with E-state index in [4.69, 9.17) is 15.2 Å². The summed E-state index contributed by atoms with van der Waals surface area (Å²) in [5, 5.41) is 2.76. The zero-order valence-corrected chi connectivity index (χ0v) is 16.9. The number of esters is 1. The van der Waals surface area contributed by atoms with Crippen LogP contribution in [0.15, 0.2) is 54.6 Å². The van der Waals surface area contributed by atoms with E-state index in [0.29, 0.717) is 13.0 Å². The van der Waals surface area contributed by atoms with E-state index in [0.717, 1.165) is 16.9 Å². The third-order valence-corrected chi connectivity index (χ3v) is 4.21. The first-order chi connectivity index (χ1) is 13.0. The highest BCUT2D eigenvalue weighted by Gasteiger charge is 2.23. The number of halogens is 1. The summed E-state index contributed by atoms with van der Waals surface area (Å²) < 4.78 is 10.3. The summed E-state index contributed by atoms with van der Waals surface area (Å²) in [5.74, 6) is -0.433. The predicted molar refractivity (Wildman–Crippen MR) is 110 cm³/mol. The van der Waals surface area contributed by atoms with Crippen molar-refractivity contribution < 1.29 is 19.1 Å². The molecule has 0 aliphatic carbocycles. The van der Waals surface area contributed by atoms with E-state index in [2.05, 4.69) is 5.32 Å². The van der Waals surface area contributed by atoms with E-state index < -0.39 is 12.0 Å². The molecule has 3 N–H and O–H groups in total. The van der Waals surface area contributed by atoms with Gasteiger partial charge in [0.1, 0.15) is 11.8 Å². The average molecular weight is 407 g/mol. The average Bonchev–Trinajstić information content (AvgIpc) is 2.71. The van der Waals surface area contributed by atoms with Crippen molar-refractivity contribution in [3.05, 3.63) is 65.7 Å². The first kappa shape index (κ1) is 23.5. The van der Waals surface area contributed by atoms with Crippen LogP contribution >= 0.6 is 12.4 Å². The minimum Gasteiger partial charge on any atom is -0.494 e. The molecule has 2 aromatic carbocycles. The smallest absolute Gasteiger partial charge is 0.310 e. The van der Waals surface area contributed by atoms with E-state index in [9.17, 15) is 9.59 Å². The Morgan fingerprint density at radius 2 is 1.71 bits per heavy atom. The number of methoxy groups -OCH3 is 1. The Balaban J connectivity index is 0.00000392. The zero-order valence-electron chi connectivity index (χ0n) is 16.1. The van der Waals surface area contributed by atoms with Gasteiger partial charge < -0.3 is 20.5 Å². The molecule has 28 heavy (non-hydrogen) atoms. The molecule has 0 aromatic heterocycles. The molecule has 0 fully saturated rings. The van der Waals surface area contributed by atoms with Gasteiger partial charge in [0.15, 0.2) is 0 Å². The summed E-state index contributed by atoms with van der Waals surface area (Å²) in [7, 11) is 1.34. The first-order valence-electron chi connectivity index (χ1n) is 8.93. The SMILES string of the molecule is CCOc1ccc(CC(CNC(=O)C(N)c2ccccc2)C(=O)OC)cc1.Cl. The number of benzene rings is 2. The lowest BCUT2D eigenvalue weighted by atomic mass is 9.98. The molecular weight excluding hydrogens is 380 g/mol. The van der Waals surface area contributed by atoms with E-state index in [1.165, 1.54) is 7.11 Å². The molecule has 152 valence electrons. The molecule has 0 radical (unpaired) electrons. The van der Waals surface area contributed by atoms with E-state index in [1.54, 1.807) is 12.1 Å². The van der Waals surface area contributed by atoms with Crippen LogP contribution in [0, 0.1) is 5.92 Å². The van der Waals surface area contributed by atoms with Gasteiger partial charge in [-0.05, 0) is 36.6 Å². The van der Waals surface area contributed by atoms with Gasteiger partial charge in [0.05, 0.1) is 19.6 Å². The van der Waals surface area contributed by atoms with E-state index in [1.807, 2.05) is 49.4 Å². The molecule has 2 unspecified atom stereocenters. The minimum atomic E-state index is -0.782. The molecule has 0 bridgehead atoms. The Morgan fingerprint density at radius 1 is 1.07 bits per heavy atom. The standard InChI is InChI=1S/C21H26N2O4.ClH/c1-3-27-18-11-9-15(10-12-18)13-17(21(25)26-2)14-23-20(24)19(22)16-7-5-4-6-8-16;/h4-12,17,19H,3,13-14,22H2,1-2H3,(H,23,24);1H. The Kier molecular flexibility index (Phi) is 10.1. The molecule has 2 aromatic rings. The van der Waals surface area contributed by atoms with Crippen molar-refractivity contribution in [2.75, 3.05) is 20.3 Å². The molecule has 0 aliphatic heterocycles. The van der Waals surface area contributed by atoms with Gasteiger partial charge in [-0.3, -0.25) is 9.59 Å². The van der Waals surface area contributed by atoms with Gasteiger partial charge in [-0.1, -0.05) is 42.5 Å². The Hall–Kier alpha value is -2.57. The summed E-state index contributed by atoms with van der Waals surface area (Å²) in [5.41, 5.74) is 7.66. The number of carbonyl (C=O) groups excluding carboxylic acids is 2. The summed E-state index contributed by atoms with van der Waals surface area (Å²) in [6.45, 7) is 2.67. The fourth-order valence-corrected chi connectivity index (χ4v) is 2.72. The van der Waals surface area contributed by atoms with Crippen LogP contribution in [-0.2, 0) is 20.7 Å². The highest BCUT2D eigenvalue weighted by atomic mass is 35.5. The molecule has 0 heterocycles. The van der Waals surface area contributed by atoms with Gasteiger partial charge in [-0.15, -0.1) is 12.4 Å². The molecule has 7 heteroatoms. The van der Waals surface area contributed by atoms with Crippen molar-refractivity contribution in [2.24, 2.45) is 11.7 Å². The van der Waals surface area contributed by atoms with E-state index >= 15 is 0 Å². The summed E-state index contributed by atoms with van der Waals surface area (Å²) >= 11 is 0. The topological polar surface area (TPSA) is 90.6 Å². The van der Waals surface area contributed by atoms with Crippen molar-refractivity contribution in [2.45, 2.75) is 19.4 Å². The minimum absolute atomic E-state index is 0. The number of amides is 1. The van der Waals surface area contributed by atoms with Crippen LogP contribution in [0.2, 0.25) is 0 Å². The van der Waals surface area contributed by atoms with Crippen LogP contribution in [0.1, 0.15) is 24.1 Å². The quantitative estimate of drug-likeness (QED) is 0.625. The molecule has 0 saturated carbocycles. The number of nitrogens with one attached hydrogen (secondary N) is 1. The molecule has 0 aliphatic rings. The second kappa shape index (κ2) is 12.0. The highest BCUT2D eigenvalue weighted by Crippen LogP contribution is 2.16. The zero-order chi connectivity index (χ0) is 19.6. The Bertz CT molecular complexity index is 738. The van der Waals surface area contributed by atoms with Gasteiger partial charge >= 0.3 is 5.97 Å². The Morgan fingerprint density at radius 3 is 2.29 bits per heavy atom. The predicted octanol–water partition coefficient (Wildman–Crippen LogP) is 2.66. The molecule has 2 rings (SSSR count). The van der Waals surface area contributed by atoms with Crippen LogP contribution in [0.4, 0.5) is 0 Å². The lowest BCUT2D eigenvalue weighted by molar-refractivity contribution is -0.145.